The largest absolute Gasteiger partial charge is 0.468 e. The zero-order chi connectivity index (χ0) is 9.68. The standard InChI is InChI=1S/C10H15NO2/c1-8-4-3-5-10(6-11)9(2)13-7-12-8/h3-5,9H,1,6-7,11H2,2H3/b4-3-,10-5-. The molecule has 3 nitrogen and oxygen atoms in total. The monoisotopic (exact) mass is 181 g/mol. The van der Waals surface area contributed by atoms with Crippen LogP contribution in [0.15, 0.2) is 36.1 Å². The second kappa shape index (κ2) is 4.84. The summed E-state index contributed by atoms with van der Waals surface area (Å²) < 4.78 is 10.5. The Hall–Kier alpha value is -1.06. The van der Waals surface area contributed by atoms with Gasteiger partial charge in [-0.05, 0) is 18.6 Å². The van der Waals surface area contributed by atoms with Gasteiger partial charge in [0.2, 0.25) is 0 Å². The molecular formula is C10H15NO2. The SMILES string of the molecule is C=C1/C=C\C=C(\CN)C(C)OCO1. The summed E-state index contributed by atoms with van der Waals surface area (Å²) in [7, 11) is 0. The van der Waals surface area contributed by atoms with E-state index in [9.17, 15) is 0 Å². The Labute approximate surface area is 78.5 Å². The predicted octanol–water partition coefficient (Wildman–Crippen LogP) is 1.33. The number of nitrogens with two attached hydrogens (primary N) is 1. The van der Waals surface area contributed by atoms with Crippen molar-refractivity contribution < 1.29 is 9.47 Å². The Morgan fingerprint density at radius 1 is 1.69 bits per heavy atom. The first-order valence-electron chi connectivity index (χ1n) is 4.24. The Kier molecular flexibility index (Phi) is 3.73. The molecule has 2 N–H and O–H groups in total. The van der Waals surface area contributed by atoms with Crippen LogP contribution in [-0.2, 0) is 9.47 Å². The molecule has 1 atom stereocenters. The third kappa shape index (κ3) is 3.05. The molecule has 0 aromatic heterocycles. The lowest BCUT2D eigenvalue weighted by atomic mass is 10.1. The lowest BCUT2D eigenvalue weighted by Crippen LogP contribution is -2.19. The van der Waals surface area contributed by atoms with E-state index in [0.717, 1.165) is 5.57 Å². The Bertz CT molecular complexity index is 243. The molecule has 1 heterocycles. The highest BCUT2D eigenvalue weighted by Crippen LogP contribution is 2.09. The molecule has 0 radical (unpaired) electrons. The molecule has 1 aliphatic rings. The molecule has 0 aromatic rings. The molecule has 0 spiro atoms. The predicted molar refractivity (Wildman–Crippen MR) is 51.9 cm³/mol. The van der Waals surface area contributed by atoms with E-state index in [4.69, 9.17) is 15.2 Å². The minimum absolute atomic E-state index is 0.000509. The molecular weight excluding hydrogens is 166 g/mol. The van der Waals surface area contributed by atoms with Gasteiger partial charge in [-0.25, -0.2) is 0 Å². The van der Waals surface area contributed by atoms with Crippen molar-refractivity contribution in [1.29, 1.82) is 0 Å². The van der Waals surface area contributed by atoms with Crippen molar-refractivity contribution in [2.75, 3.05) is 13.3 Å². The Morgan fingerprint density at radius 3 is 3.15 bits per heavy atom. The van der Waals surface area contributed by atoms with E-state index in [1.54, 1.807) is 6.08 Å². The maximum absolute atomic E-state index is 5.55. The second-order valence-corrected chi connectivity index (χ2v) is 2.84. The van der Waals surface area contributed by atoms with Gasteiger partial charge in [0, 0.05) is 6.54 Å². The van der Waals surface area contributed by atoms with Crippen LogP contribution in [0.5, 0.6) is 0 Å². The minimum Gasteiger partial charge on any atom is -0.468 e. The zero-order valence-electron chi connectivity index (χ0n) is 7.82. The fraction of sp³-hybridized carbons (Fsp3) is 0.400. The fourth-order valence-electron chi connectivity index (χ4n) is 1.02. The highest BCUT2D eigenvalue weighted by Gasteiger charge is 2.08. The number of hydrogen-bond acceptors (Lipinski definition) is 3. The molecule has 0 aliphatic carbocycles. The van der Waals surface area contributed by atoms with Crippen LogP contribution in [0.2, 0.25) is 0 Å². The summed E-state index contributed by atoms with van der Waals surface area (Å²) in [6, 6.07) is 0. The van der Waals surface area contributed by atoms with Crippen LogP contribution >= 0.6 is 0 Å². The average Bonchev–Trinajstić information content (AvgIpc) is 2.18. The summed E-state index contributed by atoms with van der Waals surface area (Å²) >= 11 is 0. The smallest absolute Gasteiger partial charge is 0.189 e. The molecule has 0 aromatic carbocycles. The molecule has 0 fully saturated rings. The normalized spacial score (nSPS) is 30.5. The van der Waals surface area contributed by atoms with Crippen LogP contribution in [0.25, 0.3) is 0 Å². The third-order valence-electron chi connectivity index (χ3n) is 1.91. The first-order chi connectivity index (χ1) is 6.24. The van der Waals surface area contributed by atoms with Crippen molar-refractivity contribution in [1.82, 2.24) is 0 Å². The van der Waals surface area contributed by atoms with Gasteiger partial charge < -0.3 is 15.2 Å². The average molecular weight is 181 g/mol. The molecule has 0 amide bonds. The van der Waals surface area contributed by atoms with E-state index in [0.29, 0.717) is 12.3 Å². The van der Waals surface area contributed by atoms with E-state index < -0.39 is 0 Å². The van der Waals surface area contributed by atoms with Crippen molar-refractivity contribution >= 4 is 0 Å². The highest BCUT2D eigenvalue weighted by molar-refractivity contribution is 5.21. The van der Waals surface area contributed by atoms with Gasteiger partial charge in [-0.2, -0.15) is 0 Å². The quantitative estimate of drug-likeness (QED) is 0.663. The van der Waals surface area contributed by atoms with Gasteiger partial charge in [0.25, 0.3) is 0 Å². The first kappa shape index (κ1) is 10.0. The Morgan fingerprint density at radius 2 is 2.46 bits per heavy atom. The highest BCUT2D eigenvalue weighted by atomic mass is 16.7. The van der Waals surface area contributed by atoms with E-state index in [1.165, 1.54) is 0 Å². The van der Waals surface area contributed by atoms with Crippen molar-refractivity contribution in [2.45, 2.75) is 13.0 Å². The fourth-order valence-corrected chi connectivity index (χ4v) is 1.02. The van der Waals surface area contributed by atoms with Crippen LogP contribution in [0.4, 0.5) is 0 Å². The first-order valence-corrected chi connectivity index (χ1v) is 4.24. The molecule has 0 saturated carbocycles. The topological polar surface area (TPSA) is 44.5 Å². The van der Waals surface area contributed by atoms with Crippen LogP contribution in [-0.4, -0.2) is 19.4 Å². The maximum Gasteiger partial charge on any atom is 0.189 e. The summed E-state index contributed by atoms with van der Waals surface area (Å²) in [6.07, 6.45) is 5.60. The number of hydrogen-bond donors (Lipinski definition) is 1. The van der Waals surface area contributed by atoms with E-state index in [2.05, 4.69) is 6.58 Å². The Balaban J connectivity index is 2.73. The van der Waals surface area contributed by atoms with E-state index in [1.807, 2.05) is 19.1 Å². The second-order valence-electron chi connectivity index (χ2n) is 2.84. The zero-order valence-corrected chi connectivity index (χ0v) is 7.82. The maximum atomic E-state index is 5.55. The molecule has 1 unspecified atom stereocenters. The molecule has 72 valence electrons. The molecule has 0 bridgehead atoms. The number of ether oxygens (including phenoxy) is 2. The van der Waals surface area contributed by atoms with E-state index >= 15 is 0 Å². The van der Waals surface area contributed by atoms with E-state index in [-0.39, 0.29) is 12.9 Å². The summed E-state index contributed by atoms with van der Waals surface area (Å²) in [5, 5.41) is 0. The van der Waals surface area contributed by atoms with Crippen LogP contribution in [0, 0.1) is 0 Å². The van der Waals surface area contributed by atoms with Crippen LogP contribution < -0.4 is 5.73 Å². The molecule has 0 saturated heterocycles. The van der Waals surface area contributed by atoms with Gasteiger partial charge >= 0.3 is 0 Å². The minimum atomic E-state index is 0.000509. The summed E-state index contributed by atoms with van der Waals surface area (Å²) in [5.41, 5.74) is 6.60. The summed E-state index contributed by atoms with van der Waals surface area (Å²) in [6.45, 7) is 6.35. The van der Waals surface area contributed by atoms with Gasteiger partial charge in [0.05, 0.1) is 6.10 Å². The van der Waals surface area contributed by atoms with Crippen molar-refractivity contribution in [3.8, 4) is 0 Å². The summed E-state index contributed by atoms with van der Waals surface area (Å²) in [5.74, 6) is 0.599. The van der Waals surface area contributed by atoms with Crippen molar-refractivity contribution in [3.05, 3.63) is 36.1 Å². The lowest BCUT2D eigenvalue weighted by molar-refractivity contribution is -0.0427. The van der Waals surface area contributed by atoms with Gasteiger partial charge in [-0.1, -0.05) is 18.7 Å². The molecule has 1 rings (SSSR count). The third-order valence-corrected chi connectivity index (χ3v) is 1.91. The lowest BCUT2D eigenvalue weighted by Gasteiger charge is -2.14. The number of rotatable bonds is 1. The van der Waals surface area contributed by atoms with Crippen molar-refractivity contribution in [3.63, 3.8) is 0 Å². The molecule has 3 heteroatoms. The number of allylic oxidation sites excluding steroid dienone is 3. The van der Waals surface area contributed by atoms with Gasteiger partial charge in [-0.3, -0.25) is 0 Å². The summed E-state index contributed by atoms with van der Waals surface area (Å²) in [4.78, 5) is 0. The van der Waals surface area contributed by atoms with Gasteiger partial charge in [-0.15, -0.1) is 0 Å². The van der Waals surface area contributed by atoms with Crippen molar-refractivity contribution in [2.24, 2.45) is 5.73 Å². The molecule has 13 heavy (non-hydrogen) atoms. The van der Waals surface area contributed by atoms with Gasteiger partial charge in [0.1, 0.15) is 5.76 Å². The van der Waals surface area contributed by atoms with Gasteiger partial charge in [0.15, 0.2) is 6.79 Å². The van der Waals surface area contributed by atoms with Crippen LogP contribution in [0.3, 0.4) is 0 Å². The van der Waals surface area contributed by atoms with Crippen LogP contribution in [0.1, 0.15) is 6.92 Å². The molecule has 1 aliphatic heterocycles.